The number of nitrogens with zero attached hydrogens (tertiary/aromatic N) is 2. The van der Waals surface area contributed by atoms with Gasteiger partial charge in [-0.25, -0.2) is 0 Å². The summed E-state index contributed by atoms with van der Waals surface area (Å²) >= 11 is 0. The fraction of sp³-hybridized carbons (Fsp3) is 0.944. The SMILES string of the molecule is O=C([C@@H]1C[C@H]2CCN(CC3CCOCC3)C[C@H]2O1)N1CCCC1. The van der Waals surface area contributed by atoms with Crippen LogP contribution in [-0.2, 0) is 14.3 Å². The first-order valence-electron chi connectivity index (χ1n) is 9.54. The molecule has 0 aromatic rings. The molecule has 0 aliphatic carbocycles. The molecule has 23 heavy (non-hydrogen) atoms. The molecule has 5 nitrogen and oxygen atoms in total. The van der Waals surface area contributed by atoms with E-state index in [4.69, 9.17) is 9.47 Å². The third-order valence-corrected chi connectivity index (χ3v) is 6.19. The van der Waals surface area contributed by atoms with Crippen molar-refractivity contribution < 1.29 is 14.3 Å². The second-order valence-corrected chi connectivity index (χ2v) is 7.80. The molecule has 0 spiro atoms. The van der Waals surface area contributed by atoms with Gasteiger partial charge in [0.2, 0.25) is 0 Å². The van der Waals surface area contributed by atoms with Crippen molar-refractivity contribution in [3.8, 4) is 0 Å². The lowest BCUT2D eigenvalue weighted by Crippen LogP contribution is -2.45. The lowest BCUT2D eigenvalue weighted by molar-refractivity contribution is -0.142. The number of piperidine rings is 1. The monoisotopic (exact) mass is 322 g/mol. The van der Waals surface area contributed by atoms with Crippen LogP contribution >= 0.6 is 0 Å². The Labute approximate surface area is 139 Å². The largest absolute Gasteiger partial charge is 0.381 e. The molecule has 0 N–H and O–H groups in total. The normalized spacial score (nSPS) is 36.3. The molecule has 4 rings (SSSR count). The minimum Gasteiger partial charge on any atom is -0.381 e. The maximum absolute atomic E-state index is 12.6. The third kappa shape index (κ3) is 3.57. The van der Waals surface area contributed by atoms with Crippen LogP contribution in [0.4, 0.5) is 0 Å². The molecule has 0 radical (unpaired) electrons. The molecular weight excluding hydrogens is 292 g/mol. The summed E-state index contributed by atoms with van der Waals surface area (Å²) < 4.78 is 11.7. The topological polar surface area (TPSA) is 42.0 Å². The maximum atomic E-state index is 12.6. The Morgan fingerprint density at radius 3 is 2.61 bits per heavy atom. The van der Waals surface area contributed by atoms with Crippen molar-refractivity contribution in [1.82, 2.24) is 9.80 Å². The summed E-state index contributed by atoms with van der Waals surface area (Å²) in [6.07, 6.45) is 6.96. The van der Waals surface area contributed by atoms with Gasteiger partial charge in [0.15, 0.2) is 0 Å². The van der Waals surface area contributed by atoms with Gasteiger partial charge in [0, 0.05) is 39.4 Å². The summed E-state index contributed by atoms with van der Waals surface area (Å²) in [5.41, 5.74) is 0. The van der Waals surface area contributed by atoms with Crippen molar-refractivity contribution in [2.75, 3.05) is 45.9 Å². The van der Waals surface area contributed by atoms with Gasteiger partial charge in [-0.15, -0.1) is 0 Å². The molecule has 4 aliphatic rings. The Morgan fingerprint density at radius 2 is 1.83 bits per heavy atom. The van der Waals surface area contributed by atoms with Crippen LogP contribution in [0.3, 0.4) is 0 Å². The first-order valence-corrected chi connectivity index (χ1v) is 9.54. The number of ether oxygens (including phenoxy) is 2. The van der Waals surface area contributed by atoms with Gasteiger partial charge in [-0.1, -0.05) is 0 Å². The minimum absolute atomic E-state index is 0.161. The van der Waals surface area contributed by atoms with Crippen LogP contribution in [0, 0.1) is 11.8 Å². The van der Waals surface area contributed by atoms with Crippen LogP contribution in [0.15, 0.2) is 0 Å². The smallest absolute Gasteiger partial charge is 0.251 e. The zero-order valence-corrected chi connectivity index (χ0v) is 14.1. The van der Waals surface area contributed by atoms with Crippen LogP contribution in [0.25, 0.3) is 0 Å². The van der Waals surface area contributed by atoms with E-state index in [9.17, 15) is 4.79 Å². The highest BCUT2D eigenvalue weighted by Crippen LogP contribution is 2.35. The highest BCUT2D eigenvalue weighted by Gasteiger charge is 2.43. The van der Waals surface area contributed by atoms with Crippen LogP contribution < -0.4 is 0 Å². The molecule has 4 saturated heterocycles. The van der Waals surface area contributed by atoms with Crippen molar-refractivity contribution in [3.63, 3.8) is 0 Å². The molecule has 4 heterocycles. The summed E-state index contributed by atoms with van der Waals surface area (Å²) in [5.74, 6) is 1.63. The van der Waals surface area contributed by atoms with Gasteiger partial charge in [-0.05, 0) is 56.9 Å². The number of amides is 1. The molecular formula is C18H30N2O3. The Balaban J connectivity index is 1.28. The Morgan fingerprint density at radius 1 is 1.04 bits per heavy atom. The van der Waals surface area contributed by atoms with E-state index in [-0.39, 0.29) is 18.1 Å². The molecule has 130 valence electrons. The second-order valence-electron chi connectivity index (χ2n) is 7.80. The Bertz CT molecular complexity index is 418. The molecule has 0 aromatic heterocycles. The van der Waals surface area contributed by atoms with Crippen LogP contribution in [0.1, 0.15) is 38.5 Å². The van der Waals surface area contributed by atoms with Gasteiger partial charge in [0.25, 0.3) is 5.91 Å². The van der Waals surface area contributed by atoms with E-state index in [1.54, 1.807) is 0 Å². The van der Waals surface area contributed by atoms with E-state index in [1.165, 1.54) is 32.4 Å². The molecule has 1 amide bonds. The molecule has 0 saturated carbocycles. The van der Waals surface area contributed by atoms with Crippen molar-refractivity contribution in [2.45, 2.75) is 50.7 Å². The predicted octanol–water partition coefficient (Wildman–Crippen LogP) is 1.51. The van der Waals surface area contributed by atoms with Crippen molar-refractivity contribution in [2.24, 2.45) is 11.8 Å². The quantitative estimate of drug-likeness (QED) is 0.790. The Hall–Kier alpha value is -0.650. The second kappa shape index (κ2) is 7.08. The van der Waals surface area contributed by atoms with Crippen LogP contribution in [-0.4, -0.2) is 73.9 Å². The number of hydrogen-bond acceptors (Lipinski definition) is 4. The van der Waals surface area contributed by atoms with Gasteiger partial charge < -0.3 is 19.3 Å². The summed E-state index contributed by atoms with van der Waals surface area (Å²) in [6, 6.07) is 0. The fourth-order valence-electron chi connectivity index (χ4n) is 4.75. The number of carbonyl (C=O) groups excluding carboxylic acids is 1. The minimum atomic E-state index is -0.161. The number of fused-ring (bicyclic) bond motifs is 1. The van der Waals surface area contributed by atoms with E-state index in [2.05, 4.69) is 4.90 Å². The molecule has 0 bridgehead atoms. The average molecular weight is 322 g/mol. The molecule has 0 unspecified atom stereocenters. The Kier molecular flexibility index (Phi) is 4.88. The molecule has 4 fully saturated rings. The van der Waals surface area contributed by atoms with E-state index in [0.717, 1.165) is 58.0 Å². The lowest BCUT2D eigenvalue weighted by atomic mass is 9.90. The number of carbonyl (C=O) groups is 1. The number of rotatable bonds is 3. The third-order valence-electron chi connectivity index (χ3n) is 6.19. The average Bonchev–Trinajstić information content (AvgIpc) is 3.24. The predicted molar refractivity (Wildman–Crippen MR) is 87.2 cm³/mol. The highest BCUT2D eigenvalue weighted by atomic mass is 16.5. The number of likely N-dealkylation sites (tertiary alicyclic amines) is 2. The van der Waals surface area contributed by atoms with E-state index in [1.807, 2.05) is 4.90 Å². The maximum Gasteiger partial charge on any atom is 0.251 e. The van der Waals surface area contributed by atoms with E-state index in [0.29, 0.717) is 5.92 Å². The van der Waals surface area contributed by atoms with Gasteiger partial charge in [0.1, 0.15) is 6.10 Å². The van der Waals surface area contributed by atoms with Crippen molar-refractivity contribution in [3.05, 3.63) is 0 Å². The summed E-state index contributed by atoms with van der Waals surface area (Å²) in [5, 5.41) is 0. The summed E-state index contributed by atoms with van der Waals surface area (Å²) in [6.45, 7) is 7.09. The lowest BCUT2D eigenvalue weighted by Gasteiger charge is -2.36. The standard InChI is InChI=1S/C18H30N2O3/c21-18(20-6-1-2-7-20)16-11-15-3-8-19(13-17(15)23-16)12-14-4-9-22-10-5-14/h14-17H,1-13H2/t15-,16+,17-/m1/s1. The van der Waals surface area contributed by atoms with Gasteiger partial charge in [-0.3, -0.25) is 4.79 Å². The van der Waals surface area contributed by atoms with Crippen molar-refractivity contribution in [1.29, 1.82) is 0 Å². The molecule has 0 aromatic carbocycles. The highest BCUT2D eigenvalue weighted by molar-refractivity contribution is 5.81. The first-order chi connectivity index (χ1) is 11.3. The van der Waals surface area contributed by atoms with Crippen LogP contribution in [0.5, 0.6) is 0 Å². The molecule has 5 heteroatoms. The summed E-state index contributed by atoms with van der Waals surface area (Å²) in [4.78, 5) is 17.1. The zero-order chi connectivity index (χ0) is 15.6. The van der Waals surface area contributed by atoms with Crippen LogP contribution in [0.2, 0.25) is 0 Å². The number of hydrogen-bond donors (Lipinski definition) is 0. The van der Waals surface area contributed by atoms with Crippen molar-refractivity contribution >= 4 is 5.91 Å². The summed E-state index contributed by atoms with van der Waals surface area (Å²) in [7, 11) is 0. The van der Waals surface area contributed by atoms with E-state index >= 15 is 0 Å². The van der Waals surface area contributed by atoms with Gasteiger partial charge in [0.05, 0.1) is 6.10 Å². The zero-order valence-electron chi connectivity index (χ0n) is 14.1. The van der Waals surface area contributed by atoms with Gasteiger partial charge >= 0.3 is 0 Å². The molecule has 4 aliphatic heterocycles. The molecule has 3 atom stereocenters. The van der Waals surface area contributed by atoms with E-state index < -0.39 is 0 Å². The first kappa shape index (κ1) is 15.9. The van der Waals surface area contributed by atoms with Gasteiger partial charge in [-0.2, -0.15) is 0 Å². The fourth-order valence-corrected chi connectivity index (χ4v) is 4.75.